The first-order chi connectivity index (χ1) is 12.3. The van der Waals surface area contributed by atoms with Crippen LogP contribution in [0.5, 0.6) is 0 Å². The van der Waals surface area contributed by atoms with Crippen molar-refractivity contribution >= 4 is 52.6 Å². The Morgan fingerprint density at radius 3 is 2.31 bits per heavy atom. The van der Waals surface area contributed by atoms with E-state index in [4.69, 9.17) is 39.5 Å². The first-order valence-corrected chi connectivity index (χ1v) is 8.09. The molecule has 26 heavy (non-hydrogen) atoms. The van der Waals surface area contributed by atoms with Crippen molar-refractivity contribution in [2.75, 3.05) is 6.61 Å². The summed E-state index contributed by atoms with van der Waals surface area (Å²) >= 11 is 17.5. The molecule has 0 aliphatic carbocycles. The highest BCUT2D eigenvalue weighted by molar-refractivity contribution is 6.46. The molecule has 0 aliphatic rings. The minimum absolute atomic E-state index is 0.00216. The van der Waals surface area contributed by atoms with Gasteiger partial charge in [-0.1, -0.05) is 46.9 Å². The van der Waals surface area contributed by atoms with Crippen LogP contribution < -0.4 is 10.9 Å². The van der Waals surface area contributed by atoms with Crippen molar-refractivity contribution in [1.29, 1.82) is 0 Å². The van der Waals surface area contributed by atoms with Crippen LogP contribution >= 0.6 is 34.8 Å². The van der Waals surface area contributed by atoms with E-state index in [9.17, 15) is 18.8 Å². The number of amides is 2. The summed E-state index contributed by atoms with van der Waals surface area (Å²) in [6.07, 6.45) is 0. The predicted octanol–water partition coefficient (Wildman–Crippen LogP) is 3.40. The first-order valence-electron chi connectivity index (χ1n) is 6.95. The minimum Gasteiger partial charge on any atom is -0.452 e. The standard InChI is InChI=1S/C16H10Cl3FN2O4/c17-9-5-6-10(18)14(19)13(9)16(25)26-7-12(23)21-22-15(24)8-3-1-2-4-11(8)20/h1-6H,7H2,(H,21,23)(H,22,24). The SMILES string of the molecule is O=C(COC(=O)c1c(Cl)ccc(Cl)c1Cl)NNC(=O)c1ccccc1F. The average Bonchev–Trinajstić information content (AvgIpc) is 2.61. The molecular weight excluding hydrogens is 410 g/mol. The normalized spacial score (nSPS) is 10.2. The summed E-state index contributed by atoms with van der Waals surface area (Å²) in [5.74, 6) is -3.46. The van der Waals surface area contributed by atoms with Gasteiger partial charge in [0.15, 0.2) is 6.61 Å². The molecule has 0 saturated carbocycles. The molecule has 2 N–H and O–H groups in total. The highest BCUT2D eigenvalue weighted by Gasteiger charge is 2.20. The fraction of sp³-hybridized carbons (Fsp3) is 0.0625. The Balaban J connectivity index is 1.89. The Morgan fingerprint density at radius 2 is 1.62 bits per heavy atom. The van der Waals surface area contributed by atoms with Crippen LogP contribution in [0.4, 0.5) is 4.39 Å². The van der Waals surface area contributed by atoms with Crippen LogP contribution in [-0.2, 0) is 9.53 Å². The van der Waals surface area contributed by atoms with E-state index in [0.717, 1.165) is 6.07 Å². The van der Waals surface area contributed by atoms with E-state index in [1.54, 1.807) is 0 Å². The molecule has 0 heterocycles. The van der Waals surface area contributed by atoms with Gasteiger partial charge in [-0.05, 0) is 24.3 Å². The van der Waals surface area contributed by atoms with Gasteiger partial charge in [0.05, 0.1) is 26.2 Å². The van der Waals surface area contributed by atoms with Gasteiger partial charge in [0.25, 0.3) is 11.8 Å². The second kappa shape index (κ2) is 8.84. The van der Waals surface area contributed by atoms with Gasteiger partial charge in [-0.25, -0.2) is 9.18 Å². The van der Waals surface area contributed by atoms with Crippen molar-refractivity contribution in [2.24, 2.45) is 0 Å². The number of benzene rings is 2. The molecule has 0 aromatic heterocycles. The van der Waals surface area contributed by atoms with Gasteiger partial charge in [-0.15, -0.1) is 0 Å². The molecule has 0 radical (unpaired) electrons. The zero-order valence-corrected chi connectivity index (χ0v) is 15.1. The molecule has 6 nitrogen and oxygen atoms in total. The fourth-order valence-corrected chi connectivity index (χ4v) is 2.48. The van der Waals surface area contributed by atoms with Crippen LogP contribution in [0, 0.1) is 5.82 Å². The number of rotatable bonds is 4. The Bertz CT molecular complexity index is 877. The van der Waals surface area contributed by atoms with E-state index in [1.165, 1.54) is 30.3 Å². The van der Waals surface area contributed by atoms with E-state index in [2.05, 4.69) is 0 Å². The second-order valence-corrected chi connectivity index (χ2v) is 5.97. The minimum atomic E-state index is -0.974. The lowest BCUT2D eigenvalue weighted by Crippen LogP contribution is -2.43. The van der Waals surface area contributed by atoms with Crippen molar-refractivity contribution in [3.8, 4) is 0 Å². The van der Waals surface area contributed by atoms with Crippen molar-refractivity contribution in [1.82, 2.24) is 10.9 Å². The summed E-state index contributed by atoms with van der Waals surface area (Å²) < 4.78 is 18.2. The molecule has 0 bridgehead atoms. The molecule has 0 saturated heterocycles. The van der Waals surface area contributed by atoms with E-state index < -0.39 is 30.2 Å². The number of nitrogens with one attached hydrogen (secondary N) is 2. The summed E-state index contributed by atoms with van der Waals surface area (Å²) in [6.45, 7) is -0.741. The maximum Gasteiger partial charge on any atom is 0.341 e. The maximum atomic E-state index is 13.4. The Morgan fingerprint density at radius 1 is 0.962 bits per heavy atom. The number of ether oxygens (including phenoxy) is 1. The molecule has 10 heteroatoms. The zero-order chi connectivity index (χ0) is 19.3. The number of carbonyl (C=O) groups is 3. The van der Waals surface area contributed by atoms with E-state index in [0.29, 0.717) is 0 Å². The number of hydrazine groups is 1. The molecule has 0 aliphatic heterocycles. The van der Waals surface area contributed by atoms with Crippen LogP contribution in [0.25, 0.3) is 0 Å². The summed E-state index contributed by atoms with van der Waals surface area (Å²) in [5, 5.41) is -0.0280. The lowest BCUT2D eigenvalue weighted by Gasteiger charge is -2.10. The lowest BCUT2D eigenvalue weighted by molar-refractivity contribution is -0.125. The number of esters is 1. The molecule has 2 aromatic carbocycles. The molecule has 136 valence electrons. The van der Waals surface area contributed by atoms with Gasteiger partial charge < -0.3 is 4.74 Å². The van der Waals surface area contributed by atoms with Crippen LogP contribution in [0.15, 0.2) is 36.4 Å². The molecular formula is C16H10Cl3FN2O4. The lowest BCUT2D eigenvalue weighted by atomic mass is 10.2. The third-order valence-corrected chi connectivity index (χ3v) is 4.14. The third kappa shape index (κ3) is 4.85. The van der Waals surface area contributed by atoms with Crippen molar-refractivity contribution in [3.63, 3.8) is 0 Å². The molecule has 0 atom stereocenters. The maximum absolute atomic E-state index is 13.4. The van der Waals surface area contributed by atoms with Gasteiger partial charge in [-0.3, -0.25) is 20.4 Å². The van der Waals surface area contributed by atoms with E-state index >= 15 is 0 Å². The fourth-order valence-electron chi connectivity index (χ4n) is 1.79. The van der Waals surface area contributed by atoms with Gasteiger partial charge >= 0.3 is 5.97 Å². The summed E-state index contributed by atoms with van der Waals surface area (Å²) in [4.78, 5) is 35.4. The Labute approximate surface area is 162 Å². The molecule has 0 spiro atoms. The molecule has 0 fully saturated rings. The molecule has 2 rings (SSSR count). The highest BCUT2D eigenvalue weighted by Crippen LogP contribution is 2.31. The van der Waals surface area contributed by atoms with Gasteiger partial charge in [0.1, 0.15) is 5.82 Å². The zero-order valence-electron chi connectivity index (χ0n) is 12.8. The topological polar surface area (TPSA) is 84.5 Å². The largest absolute Gasteiger partial charge is 0.452 e. The molecule has 2 aromatic rings. The number of carbonyl (C=O) groups excluding carboxylic acids is 3. The van der Waals surface area contributed by atoms with Crippen molar-refractivity contribution in [2.45, 2.75) is 0 Å². The quantitative estimate of drug-likeness (QED) is 0.452. The van der Waals surface area contributed by atoms with Crippen molar-refractivity contribution in [3.05, 3.63) is 68.4 Å². The second-order valence-electron chi connectivity index (χ2n) is 4.78. The number of hydrogen-bond donors (Lipinski definition) is 2. The van der Waals surface area contributed by atoms with Crippen LogP contribution in [0.2, 0.25) is 15.1 Å². The van der Waals surface area contributed by atoms with Crippen LogP contribution in [-0.4, -0.2) is 24.4 Å². The molecule has 0 unspecified atom stereocenters. The van der Waals surface area contributed by atoms with Crippen LogP contribution in [0.3, 0.4) is 0 Å². The summed E-state index contributed by atoms with van der Waals surface area (Å²) in [5.41, 5.74) is 3.52. The smallest absolute Gasteiger partial charge is 0.341 e. The number of hydrogen-bond acceptors (Lipinski definition) is 4. The Hall–Kier alpha value is -2.35. The third-order valence-electron chi connectivity index (χ3n) is 3.02. The van der Waals surface area contributed by atoms with E-state index in [-0.39, 0.29) is 26.2 Å². The van der Waals surface area contributed by atoms with Crippen LogP contribution in [0.1, 0.15) is 20.7 Å². The van der Waals surface area contributed by atoms with Gasteiger partial charge in [0.2, 0.25) is 0 Å². The van der Waals surface area contributed by atoms with Crippen molar-refractivity contribution < 1.29 is 23.5 Å². The summed E-state index contributed by atoms with van der Waals surface area (Å²) in [7, 11) is 0. The molecule has 2 amide bonds. The highest BCUT2D eigenvalue weighted by atomic mass is 35.5. The average molecular weight is 420 g/mol. The van der Waals surface area contributed by atoms with Gasteiger partial charge in [-0.2, -0.15) is 0 Å². The first kappa shape index (κ1) is 20.0. The summed E-state index contributed by atoms with van der Waals surface area (Å²) in [6, 6.07) is 7.95. The monoisotopic (exact) mass is 418 g/mol. The van der Waals surface area contributed by atoms with Gasteiger partial charge in [0, 0.05) is 0 Å². The Kier molecular flexibility index (Phi) is 6.79. The predicted molar refractivity (Wildman–Crippen MR) is 93.8 cm³/mol. The van der Waals surface area contributed by atoms with E-state index in [1.807, 2.05) is 10.9 Å². The number of halogens is 4.